The van der Waals surface area contributed by atoms with Crippen LogP contribution in [0.2, 0.25) is 0 Å². The van der Waals surface area contributed by atoms with Crippen LogP contribution in [0.4, 0.5) is 0 Å². The summed E-state index contributed by atoms with van der Waals surface area (Å²) in [4.78, 5) is 22.6. The molecule has 0 saturated carbocycles. The van der Waals surface area contributed by atoms with Gasteiger partial charge in [0, 0.05) is 12.8 Å². The normalized spacial score (nSPS) is 10.4. The monoisotopic (exact) mass is 305 g/mol. The molecule has 0 aliphatic heterocycles. The van der Waals surface area contributed by atoms with E-state index >= 15 is 0 Å². The van der Waals surface area contributed by atoms with Gasteiger partial charge in [-0.25, -0.2) is 0 Å². The average Bonchev–Trinajstić information content (AvgIpc) is 2.56. The highest BCUT2D eigenvalue weighted by Gasteiger charge is 2.03. The van der Waals surface area contributed by atoms with E-state index in [1.807, 2.05) is 30.3 Å². The molecule has 22 heavy (non-hydrogen) atoms. The number of benzene rings is 1. The summed E-state index contributed by atoms with van der Waals surface area (Å²) in [6.45, 7) is 0.514. The quantitative estimate of drug-likeness (QED) is 0.475. The van der Waals surface area contributed by atoms with Crippen LogP contribution in [0.1, 0.15) is 56.9 Å². The van der Waals surface area contributed by atoms with Gasteiger partial charge >= 0.3 is 5.97 Å². The van der Waals surface area contributed by atoms with Crippen molar-refractivity contribution in [1.29, 1.82) is 0 Å². The van der Waals surface area contributed by atoms with Crippen LogP contribution in [0.25, 0.3) is 0 Å². The number of Topliss-reactive ketones (excluding diaryl/α,β-unsaturated/α-hetero) is 1. The third-order valence-corrected chi connectivity index (χ3v) is 3.56. The number of carbonyl (C=O) groups excluding carboxylic acids is 2. The van der Waals surface area contributed by atoms with E-state index in [9.17, 15) is 9.59 Å². The molecule has 2 N–H and O–H groups in total. The zero-order chi connectivity index (χ0) is 16.0. The Hall–Kier alpha value is -1.68. The predicted octanol–water partition coefficient (Wildman–Crippen LogP) is 3.38. The van der Waals surface area contributed by atoms with E-state index in [4.69, 9.17) is 10.5 Å². The number of esters is 1. The summed E-state index contributed by atoms with van der Waals surface area (Å²) in [6.07, 6.45) is 7.18. The molecule has 0 atom stereocenters. The summed E-state index contributed by atoms with van der Waals surface area (Å²) < 4.78 is 5.22. The molecule has 1 aromatic carbocycles. The summed E-state index contributed by atoms with van der Waals surface area (Å²) in [5.74, 6) is 0.0126. The van der Waals surface area contributed by atoms with Crippen molar-refractivity contribution in [3.8, 4) is 0 Å². The second kappa shape index (κ2) is 11.9. The first-order valence-electron chi connectivity index (χ1n) is 8.13. The van der Waals surface area contributed by atoms with Gasteiger partial charge in [0.15, 0.2) is 0 Å². The topological polar surface area (TPSA) is 69.4 Å². The van der Waals surface area contributed by atoms with Crippen LogP contribution in [-0.2, 0) is 20.9 Å². The van der Waals surface area contributed by atoms with Crippen LogP contribution in [0, 0.1) is 0 Å². The Kier molecular flexibility index (Phi) is 9.96. The highest BCUT2D eigenvalue weighted by atomic mass is 16.5. The van der Waals surface area contributed by atoms with Crippen LogP contribution in [0.15, 0.2) is 30.3 Å². The van der Waals surface area contributed by atoms with Gasteiger partial charge in [-0.05, 0) is 18.4 Å². The number of carbonyl (C=O) groups is 2. The molecule has 0 unspecified atom stereocenters. The minimum atomic E-state index is -0.127. The summed E-state index contributed by atoms with van der Waals surface area (Å²) in [5, 5.41) is 0. The highest BCUT2D eigenvalue weighted by molar-refractivity contribution is 5.80. The first-order chi connectivity index (χ1) is 10.7. The van der Waals surface area contributed by atoms with E-state index in [2.05, 4.69) is 0 Å². The molecular formula is C18H27NO3. The van der Waals surface area contributed by atoms with Gasteiger partial charge in [0.25, 0.3) is 0 Å². The molecule has 0 aliphatic carbocycles. The molecule has 0 spiro atoms. The number of ketones is 1. The summed E-state index contributed by atoms with van der Waals surface area (Å²) in [6, 6.07) is 9.71. The number of ether oxygens (including phenoxy) is 1. The summed E-state index contributed by atoms with van der Waals surface area (Å²) in [7, 11) is 0. The van der Waals surface area contributed by atoms with Gasteiger partial charge in [0.1, 0.15) is 12.4 Å². The molecule has 0 aliphatic rings. The van der Waals surface area contributed by atoms with Crippen LogP contribution in [0.3, 0.4) is 0 Å². The van der Waals surface area contributed by atoms with Crippen molar-refractivity contribution >= 4 is 11.8 Å². The van der Waals surface area contributed by atoms with E-state index in [-0.39, 0.29) is 18.3 Å². The second-order valence-electron chi connectivity index (χ2n) is 5.51. The van der Waals surface area contributed by atoms with Crippen molar-refractivity contribution in [2.75, 3.05) is 6.54 Å². The van der Waals surface area contributed by atoms with Gasteiger partial charge in [-0.15, -0.1) is 0 Å². The van der Waals surface area contributed by atoms with Crippen molar-refractivity contribution in [3.63, 3.8) is 0 Å². The van der Waals surface area contributed by atoms with Crippen LogP contribution in [0.5, 0.6) is 0 Å². The van der Waals surface area contributed by atoms with Crippen LogP contribution < -0.4 is 5.73 Å². The third-order valence-electron chi connectivity index (χ3n) is 3.56. The van der Waals surface area contributed by atoms with E-state index in [0.717, 1.165) is 44.1 Å². The molecule has 4 heteroatoms. The van der Waals surface area contributed by atoms with Gasteiger partial charge in [0.2, 0.25) is 0 Å². The van der Waals surface area contributed by atoms with Gasteiger partial charge in [0.05, 0.1) is 6.54 Å². The van der Waals surface area contributed by atoms with Crippen molar-refractivity contribution < 1.29 is 14.3 Å². The van der Waals surface area contributed by atoms with Crippen molar-refractivity contribution in [1.82, 2.24) is 0 Å². The average molecular weight is 305 g/mol. The minimum absolute atomic E-state index is 0.127. The summed E-state index contributed by atoms with van der Waals surface area (Å²) in [5.41, 5.74) is 6.27. The Morgan fingerprint density at radius 1 is 0.864 bits per heavy atom. The van der Waals surface area contributed by atoms with E-state index in [1.165, 1.54) is 0 Å². The standard InChI is InChI=1S/C18H27NO3/c19-14-17(20)12-8-3-1-2-4-9-13-18(21)22-15-16-10-6-5-7-11-16/h5-7,10-11H,1-4,8-9,12-15,19H2. The molecule has 0 saturated heterocycles. The molecule has 1 rings (SSSR count). The molecule has 0 heterocycles. The lowest BCUT2D eigenvalue weighted by molar-refractivity contribution is -0.145. The number of unbranched alkanes of at least 4 members (excludes halogenated alkanes) is 5. The molecule has 0 aromatic heterocycles. The third kappa shape index (κ3) is 9.29. The first-order valence-corrected chi connectivity index (χ1v) is 8.13. The first kappa shape index (κ1) is 18.4. The fraction of sp³-hybridized carbons (Fsp3) is 0.556. The SMILES string of the molecule is NCC(=O)CCCCCCCCC(=O)OCc1ccccc1. The maximum Gasteiger partial charge on any atom is 0.306 e. The van der Waals surface area contributed by atoms with Crippen molar-refractivity contribution in [2.45, 2.75) is 58.0 Å². The van der Waals surface area contributed by atoms with Crippen molar-refractivity contribution in [2.24, 2.45) is 5.73 Å². The Labute approximate surface area is 133 Å². The van der Waals surface area contributed by atoms with Crippen molar-refractivity contribution in [3.05, 3.63) is 35.9 Å². The number of nitrogens with two attached hydrogens (primary N) is 1. The fourth-order valence-corrected chi connectivity index (χ4v) is 2.21. The fourth-order valence-electron chi connectivity index (χ4n) is 2.21. The maximum atomic E-state index is 11.6. The zero-order valence-corrected chi connectivity index (χ0v) is 13.3. The lowest BCUT2D eigenvalue weighted by Crippen LogP contribution is -2.12. The van der Waals surface area contributed by atoms with Gasteiger partial charge in [-0.3, -0.25) is 9.59 Å². The minimum Gasteiger partial charge on any atom is -0.461 e. The Morgan fingerprint density at radius 2 is 1.45 bits per heavy atom. The number of hydrogen-bond donors (Lipinski definition) is 1. The van der Waals surface area contributed by atoms with Gasteiger partial charge < -0.3 is 10.5 Å². The van der Waals surface area contributed by atoms with Crippen LogP contribution >= 0.6 is 0 Å². The smallest absolute Gasteiger partial charge is 0.306 e. The molecule has 0 bridgehead atoms. The Bertz CT molecular complexity index is 431. The van der Waals surface area contributed by atoms with Gasteiger partial charge in [-0.2, -0.15) is 0 Å². The maximum absolute atomic E-state index is 11.6. The second-order valence-corrected chi connectivity index (χ2v) is 5.51. The van der Waals surface area contributed by atoms with E-state index in [0.29, 0.717) is 19.4 Å². The predicted molar refractivity (Wildman–Crippen MR) is 87.2 cm³/mol. The molecule has 4 nitrogen and oxygen atoms in total. The lowest BCUT2D eigenvalue weighted by atomic mass is 10.1. The molecule has 0 fully saturated rings. The summed E-state index contributed by atoms with van der Waals surface area (Å²) >= 11 is 0. The highest BCUT2D eigenvalue weighted by Crippen LogP contribution is 2.10. The zero-order valence-electron chi connectivity index (χ0n) is 13.3. The Morgan fingerprint density at radius 3 is 2.09 bits per heavy atom. The van der Waals surface area contributed by atoms with Gasteiger partial charge in [-0.1, -0.05) is 56.0 Å². The number of rotatable bonds is 12. The molecular weight excluding hydrogens is 278 g/mol. The largest absolute Gasteiger partial charge is 0.461 e. The molecule has 0 amide bonds. The Balaban J connectivity index is 1.92. The lowest BCUT2D eigenvalue weighted by Gasteiger charge is -2.05. The molecule has 0 radical (unpaired) electrons. The van der Waals surface area contributed by atoms with Crippen LogP contribution in [-0.4, -0.2) is 18.3 Å². The molecule has 1 aromatic rings. The van der Waals surface area contributed by atoms with E-state index in [1.54, 1.807) is 0 Å². The molecule has 122 valence electrons. The van der Waals surface area contributed by atoms with E-state index < -0.39 is 0 Å². The number of hydrogen-bond acceptors (Lipinski definition) is 4.